The molecular weight excluding hydrogens is 1010 g/mol. The van der Waals surface area contributed by atoms with Gasteiger partial charge >= 0.3 is 0 Å². The Balaban J connectivity index is 1.03. The van der Waals surface area contributed by atoms with Gasteiger partial charge in [-0.2, -0.15) is 0 Å². The van der Waals surface area contributed by atoms with Gasteiger partial charge in [-0.15, -0.1) is 0 Å². The van der Waals surface area contributed by atoms with Crippen LogP contribution in [0, 0.1) is 0 Å². The molecule has 82 heavy (non-hydrogen) atoms. The van der Waals surface area contributed by atoms with Crippen LogP contribution < -0.4 is 20.7 Å². The maximum Gasteiger partial charge on any atom is 0.179 e. The largest absolute Gasteiger partial charge is 0.309 e. The number of fused-ring (bicyclic) bond motifs is 9. The lowest BCUT2D eigenvalue weighted by Gasteiger charge is -2.34. The van der Waals surface area contributed by atoms with Gasteiger partial charge in [-0.1, -0.05) is 248 Å². The van der Waals surface area contributed by atoms with E-state index in [2.05, 4.69) is 232 Å². The van der Waals surface area contributed by atoms with Crippen LogP contribution in [0.2, 0.25) is 0 Å². The van der Waals surface area contributed by atoms with Crippen LogP contribution in [0.4, 0.5) is 0 Å². The zero-order valence-electron chi connectivity index (χ0n) is 54.2. The first-order chi connectivity index (χ1) is 44.8. The highest BCUT2D eigenvalue weighted by Gasteiger charge is 2.41. The van der Waals surface area contributed by atoms with Crippen molar-refractivity contribution in [2.75, 3.05) is 0 Å². The molecule has 0 aliphatic rings. The third-order valence-electron chi connectivity index (χ3n) is 16.5. The second kappa shape index (κ2) is 19.4. The first kappa shape index (κ1) is 38.1. The summed E-state index contributed by atoms with van der Waals surface area (Å²) in [6.07, 6.45) is 0. The predicted molar refractivity (Wildman–Crippen MR) is 349 cm³/mol. The summed E-state index contributed by atoms with van der Waals surface area (Å²) in [5.41, 5.74) is 11.2. The van der Waals surface area contributed by atoms with Crippen LogP contribution in [0.1, 0.15) is 13.7 Å². The zero-order chi connectivity index (χ0) is 62.8. The summed E-state index contributed by atoms with van der Waals surface area (Å²) >= 11 is 0. The first-order valence-corrected chi connectivity index (χ1v) is 29.5. The van der Waals surface area contributed by atoms with Crippen LogP contribution in [0.15, 0.2) is 321 Å². The first-order valence-electron chi connectivity index (χ1n) is 32.5. The van der Waals surface area contributed by atoms with Crippen molar-refractivity contribution in [1.82, 2.24) is 13.7 Å². The van der Waals surface area contributed by atoms with E-state index < -0.39 is 44.3 Å². The summed E-state index contributed by atoms with van der Waals surface area (Å²) in [6.45, 7) is 0. The molecule has 16 rings (SSSR count). The lowest BCUT2D eigenvalue weighted by atomic mass is 10.0. The Morgan fingerprint density at radius 1 is 0.220 bits per heavy atom. The van der Waals surface area contributed by atoms with Crippen molar-refractivity contribution in [1.29, 1.82) is 0 Å². The number of nitrogens with zero attached hydrogens (tertiary/aromatic N) is 3. The summed E-state index contributed by atoms with van der Waals surface area (Å²) < 4.78 is 94.4. The van der Waals surface area contributed by atoms with Crippen LogP contribution in [-0.2, 0) is 0 Å². The van der Waals surface area contributed by atoms with E-state index >= 15 is 0 Å². The fraction of sp³-hybridized carbons (Fsp3) is 0. The van der Waals surface area contributed by atoms with E-state index in [1.54, 1.807) is 12.1 Å². The molecule has 0 amide bonds. The number of aromatic nitrogens is 3. The molecule has 16 aromatic rings. The van der Waals surface area contributed by atoms with Crippen molar-refractivity contribution in [2.45, 2.75) is 0 Å². The van der Waals surface area contributed by atoms with Gasteiger partial charge in [0.2, 0.25) is 0 Å². The quantitative estimate of drug-likeness (QED) is 0.0958. The maximum absolute atomic E-state index is 9.04. The van der Waals surface area contributed by atoms with Crippen LogP contribution in [0.3, 0.4) is 0 Å². The number of hydrogen-bond acceptors (Lipinski definition) is 0. The van der Waals surface area contributed by atoms with Gasteiger partial charge in [0, 0.05) is 49.4 Å². The topological polar surface area (TPSA) is 14.8 Å². The van der Waals surface area contributed by atoms with Gasteiger partial charge < -0.3 is 13.7 Å². The van der Waals surface area contributed by atoms with Crippen molar-refractivity contribution in [3.8, 4) is 50.4 Å². The molecule has 0 bridgehead atoms. The van der Waals surface area contributed by atoms with Crippen molar-refractivity contribution < 1.29 is 13.7 Å². The standard InChI is InChI=1S/C78H53N3Si/c1-7-23-54(24-8-1)57-39-45-75-71(49-57)72-50-58(55-25-9-2-10-26-55)40-46-76(72)79(75)60-41-43-69-70-44-42-66(82(63-29-13-4-14-30-63,64-31-15-5-16-32-64)65-33-17-6-18-34-65)53-78(70)81(77(69)52-60)62-48-59(56-27-11-3-12-28-56)47-61(51-62)80-73-37-21-19-35-67(73)68-36-20-22-38-74(68)80/h1-53H/i1D,2D,7D,8D,9D,10D,23D,24D,25D,26D. The smallest absolute Gasteiger partial charge is 0.179 e. The normalized spacial score (nSPS) is 13.6. The molecule has 3 nitrogen and oxygen atoms in total. The molecule has 13 aromatic carbocycles. The lowest BCUT2D eigenvalue weighted by Crippen LogP contribution is -2.74. The van der Waals surface area contributed by atoms with E-state index in [-0.39, 0.29) is 35.3 Å². The van der Waals surface area contributed by atoms with Gasteiger partial charge in [0.1, 0.15) is 0 Å². The van der Waals surface area contributed by atoms with Crippen LogP contribution >= 0.6 is 0 Å². The number of benzene rings is 13. The molecular formula is C78H53N3Si. The molecule has 0 radical (unpaired) electrons. The van der Waals surface area contributed by atoms with Crippen molar-refractivity contribution in [3.63, 3.8) is 0 Å². The van der Waals surface area contributed by atoms with Crippen molar-refractivity contribution in [3.05, 3.63) is 321 Å². The summed E-state index contributed by atoms with van der Waals surface area (Å²) in [4.78, 5) is 0. The summed E-state index contributed by atoms with van der Waals surface area (Å²) in [5, 5.41) is 10.6. The zero-order valence-corrected chi connectivity index (χ0v) is 45.2. The Bertz CT molecular complexity index is 5370. The molecule has 3 heterocycles. The van der Waals surface area contributed by atoms with Crippen molar-refractivity contribution >= 4 is 94.2 Å². The average Bonchev–Trinajstić information content (AvgIpc) is 1.54. The molecule has 384 valence electrons. The third kappa shape index (κ3) is 7.57. The van der Waals surface area contributed by atoms with E-state index in [1.807, 2.05) is 30.3 Å². The summed E-state index contributed by atoms with van der Waals surface area (Å²) in [6, 6.07) is 87.9. The van der Waals surface area contributed by atoms with Crippen LogP contribution in [0.25, 0.3) is 116 Å². The van der Waals surface area contributed by atoms with Gasteiger partial charge in [-0.3, -0.25) is 0 Å². The summed E-state index contributed by atoms with van der Waals surface area (Å²) in [5.74, 6) is 0. The molecule has 0 saturated heterocycles. The molecule has 0 atom stereocenters. The molecule has 3 aromatic heterocycles. The second-order valence-corrected chi connectivity index (χ2v) is 24.7. The highest BCUT2D eigenvalue weighted by molar-refractivity contribution is 7.20. The minimum atomic E-state index is -3.10. The monoisotopic (exact) mass is 1070 g/mol. The van der Waals surface area contributed by atoms with Crippen LogP contribution in [-0.4, -0.2) is 21.8 Å². The Morgan fingerprint density at radius 3 is 1.13 bits per heavy atom. The van der Waals surface area contributed by atoms with Gasteiger partial charge in [-0.05, 0) is 127 Å². The van der Waals surface area contributed by atoms with E-state index in [1.165, 1.54) is 20.7 Å². The molecule has 0 saturated carbocycles. The minimum Gasteiger partial charge on any atom is -0.309 e. The molecule has 0 spiro atoms. The van der Waals surface area contributed by atoms with E-state index in [9.17, 15) is 0 Å². The molecule has 0 aliphatic heterocycles. The number of para-hydroxylation sites is 2. The van der Waals surface area contributed by atoms with E-state index in [0.29, 0.717) is 21.9 Å². The Morgan fingerprint density at radius 2 is 0.622 bits per heavy atom. The predicted octanol–water partition coefficient (Wildman–Crippen LogP) is 17.4. The molecule has 4 heteroatoms. The fourth-order valence-electron chi connectivity index (χ4n) is 13.0. The fourth-order valence-corrected chi connectivity index (χ4v) is 17.7. The highest BCUT2D eigenvalue weighted by Crippen LogP contribution is 2.42. The van der Waals surface area contributed by atoms with Gasteiger partial charge in [-0.25, -0.2) is 0 Å². The Kier molecular flexibility index (Phi) is 9.02. The van der Waals surface area contributed by atoms with Crippen molar-refractivity contribution in [2.24, 2.45) is 0 Å². The molecule has 0 fully saturated rings. The second-order valence-electron chi connectivity index (χ2n) is 20.9. The number of hydrogen-bond donors (Lipinski definition) is 0. The van der Waals surface area contributed by atoms with Gasteiger partial charge in [0.25, 0.3) is 0 Å². The van der Waals surface area contributed by atoms with Gasteiger partial charge in [0.05, 0.1) is 46.8 Å². The number of rotatable bonds is 10. The third-order valence-corrected chi connectivity index (χ3v) is 21.3. The minimum absolute atomic E-state index is 0.0442. The Labute approximate surface area is 491 Å². The summed E-state index contributed by atoms with van der Waals surface area (Å²) in [7, 11) is -3.10. The van der Waals surface area contributed by atoms with Crippen LogP contribution in [0.5, 0.6) is 0 Å². The Hall–Kier alpha value is -10.5. The molecule has 0 N–H and O–H groups in total. The lowest BCUT2D eigenvalue weighted by molar-refractivity contribution is 1.13. The van der Waals surface area contributed by atoms with E-state index in [0.717, 1.165) is 82.8 Å². The maximum atomic E-state index is 9.04. The SMILES string of the molecule is [2H]c1c([2H])c([2H])c(-c2ccc3c(c2)c2cc(-c4c([2H])c([2H])c([2H])c([2H])c4[2H])ccc2n3-c2ccc3c4ccc([Si](c5ccccc5)(c5ccccc5)c5ccccc5)cc4n(-c4cc(-c5ccccc5)cc(-n5c6ccccc6c6ccccc65)c4)c3c2)c([2H])c1[2H]. The average molecular weight is 1070 g/mol. The molecule has 0 unspecified atom stereocenters. The highest BCUT2D eigenvalue weighted by atomic mass is 28.3. The van der Waals surface area contributed by atoms with E-state index in [4.69, 9.17) is 13.7 Å². The molecule has 0 aliphatic carbocycles. The van der Waals surface area contributed by atoms with Gasteiger partial charge in [0.15, 0.2) is 8.07 Å².